The van der Waals surface area contributed by atoms with Gasteiger partial charge in [-0.25, -0.2) is 0 Å². The van der Waals surface area contributed by atoms with Gasteiger partial charge in [-0.05, 0) is 31.7 Å². The molecule has 0 radical (unpaired) electrons. The van der Waals surface area contributed by atoms with Crippen molar-refractivity contribution in [3.63, 3.8) is 0 Å². The molecular formula is C19H34O2Si. The highest BCUT2D eigenvalue weighted by Gasteiger charge is 2.10. The molecule has 126 valence electrons. The van der Waals surface area contributed by atoms with Crippen molar-refractivity contribution in [2.45, 2.75) is 58.9 Å². The van der Waals surface area contributed by atoms with E-state index in [1.165, 1.54) is 6.42 Å². The molecule has 0 aromatic carbocycles. The van der Waals surface area contributed by atoms with Crippen molar-refractivity contribution >= 4 is 9.28 Å². The van der Waals surface area contributed by atoms with Crippen LogP contribution in [0.4, 0.5) is 0 Å². The van der Waals surface area contributed by atoms with Crippen molar-refractivity contribution in [3.8, 4) is 0 Å². The van der Waals surface area contributed by atoms with Crippen molar-refractivity contribution in [2.24, 2.45) is 0 Å². The Labute approximate surface area is 139 Å². The lowest BCUT2D eigenvalue weighted by Crippen LogP contribution is -2.23. The monoisotopic (exact) mass is 322 g/mol. The van der Waals surface area contributed by atoms with Crippen LogP contribution in [0.1, 0.15) is 52.9 Å². The van der Waals surface area contributed by atoms with E-state index in [-0.39, 0.29) is 0 Å². The fourth-order valence-electron chi connectivity index (χ4n) is 1.73. The highest BCUT2D eigenvalue weighted by Crippen LogP contribution is 2.02. The summed E-state index contributed by atoms with van der Waals surface area (Å²) in [6.45, 7) is 8.21. The van der Waals surface area contributed by atoms with E-state index >= 15 is 0 Å². The summed E-state index contributed by atoms with van der Waals surface area (Å²) in [5.41, 5.74) is 0. The van der Waals surface area contributed by atoms with E-state index in [1.54, 1.807) is 0 Å². The first-order valence-electron chi connectivity index (χ1n) is 8.71. The molecule has 22 heavy (non-hydrogen) atoms. The van der Waals surface area contributed by atoms with E-state index in [4.69, 9.17) is 8.85 Å². The molecular weight excluding hydrogens is 288 g/mol. The van der Waals surface area contributed by atoms with Crippen LogP contribution in [0.15, 0.2) is 48.6 Å². The zero-order chi connectivity index (χ0) is 16.3. The third kappa shape index (κ3) is 15.5. The van der Waals surface area contributed by atoms with E-state index in [0.717, 1.165) is 44.9 Å². The minimum Gasteiger partial charge on any atom is -0.397 e. The highest BCUT2D eigenvalue weighted by molar-refractivity contribution is 6.44. The summed E-state index contributed by atoms with van der Waals surface area (Å²) in [5.74, 6) is 0. The maximum atomic E-state index is 5.65. The van der Waals surface area contributed by atoms with E-state index < -0.39 is 9.28 Å². The molecule has 0 bridgehead atoms. The Bertz CT molecular complexity index is 282. The molecule has 0 spiro atoms. The third-order valence-corrected chi connectivity index (χ3v) is 5.11. The van der Waals surface area contributed by atoms with E-state index in [9.17, 15) is 0 Å². The first kappa shape index (κ1) is 21.1. The Balaban J connectivity index is 0.000000355. The van der Waals surface area contributed by atoms with Crippen LogP contribution in [0.25, 0.3) is 0 Å². The summed E-state index contributed by atoms with van der Waals surface area (Å²) in [5, 5.41) is 0. The molecule has 0 heterocycles. The second-order valence-corrected chi connectivity index (χ2v) is 7.25. The van der Waals surface area contributed by atoms with Gasteiger partial charge in [0.1, 0.15) is 0 Å². The van der Waals surface area contributed by atoms with Crippen LogP contribution in [-0.4, -0.2) is 22.5 Å². The summed E-state index contributed by atoms with van der Waals surface area (Å²) in [6, 6.07) is 1.15. The lowest BCUT2D eigenvalue weighted by Gasteiger charge is -2.14. The molecule has 3 heteroatoms. The van der Waals surface area contributed by atoms with Gasteiger partial charge in [0.15, 0.2) is 0 Å². The van der Waals surface area contributed by atoms with E-state index in [0.29, 0.717) is 0 Å². The lowest BCUT2D eigenvalue weighted by atomic mass is 10.5. The number of allylic oxidation sites excluding steroid dienone is 8. The molecule has 0 aromatic rings. The topological polar surface area (TPSA) is 18.5 Å². The normalized spacial score (nSPS) is 14.0. The second-order valence-electron chi connectivity index (χ2n) is 5.14. The van der Waals surface area contributed by atoms with Crippen molar-refractivity contribution in [1.82, 2.24) is 0 Å². The first-order chi connectivity index (χ1) is 10.8. The molecule has 0 amide bonds. The van der Waals surface area contributed by atoms with Gasteiger partial charge in [-0.3, -0.25) is 0 Å². The van der Waals surface area contributed by atoms with Crippen molar-refractivity contribution in [3.05, 3.63) is 48.6 Å². The predicted molar refractivity (Wildman–Crippen MR) is 101 cm³/mol. The standard InChI is InChI=1S/C9H22O2Si.2C5H6/c1-4-7-10-12(9-6-3)11-8-5-2;2*1-2-4-5-3-1/h12H,4-9H2,1-3H3;2*1-4H,5H2. The van der Waals surface area contributed by atoms with Crippen molar-refractivity contribution in [2.75, 3.05) is 13.2 Å². The fourth-order valence-corrected chi connectivity index (χ4v) is 3.63. The molecule has 0 aliphatic heterocycles. The molecule has 0 saturated heterocycles. The molecule has 2 nitrogen and oxygen atoms in total. The predicted octanol–water partition coefficient (Wildman–Crippen LogP) is 5.48. The maximum absolute atomic E-state index is 5.65. The van der Waals surface area contributed by atoms with Gasteiger partial charge in [0.05, 0.1) is 0 Å². The molecule has 0 atom stereocenters. The Morgan fingerprint density at radius 1 is 0.682 bits per heavy atom. The van der Waals surface area contributed by atoms with Crippen LogP contribution in [0, 0.1) is 0 Å². The summed E-state index contributed by atoms with van der Waals surface area (Å²) in [7, 11) is -1.27. The van der Waals surface area contributed by atoms with Crippen molar-refractivity contribution in [1.29, 1.82) is 0 Å². The Hall–Kier alpha value is -0.903. The Morgan fingerprint density at radius 3 is 1.32 bits per heavy atom. The number of rotatable bonds is 8. The van der Waals surface area contributed by atoms with Crippen molar-refractivity contribution < 1.29 is 8.85 Å². The zero-order valence-corrected chi connectivity index (χ0v) is 15.8. The molecule has 0 fully saturated rings. The van der Waals surface area contributed by atoms with Gasteiger partial charge in [-0.1, -0.05) is 75.8 Å². The van der Waals surface area contributed by atoms with Gasteiger partial charge in [0.2, 0.25) is 0 Å². The minimum absolute atomic E-state index is 0.876. The largest absolute Gasteiger partial charge is 0.397 e. The third-order valence-electron chi connectivity index (χ3n) is 2.85. The van der Waals surface area contributed by atoms with Crippen LogP contribution in [0.3, 0.4) is 0 Å². The van der Waals surface area contributed by atoms with Crippen LogP contribution in [-0.2, 0) is 8.85 Å². The molecule has 2 aliphatic carbocycles. The fraction of sp³-hybridized carbons (Fsp3) is 0.579. The van der Waals surface area contributed by atoms with E-state index in [1.807, 2.05) is 0 Å². The van der Waals surface area contributed by atoms with Gasteiger partial charge in [-0.15, -0.1) is 0 Å². The first-order valence-corrected chi connectivity index (χ1v) is 10.5. The van der Waals surface area contributed by atoms with Gasteiger partial charge in [0.25, 0.3) is 0 Å². The quantitative estimate of drug-likeness (QED) is 0.551. The summed E-state index contributed by atoms with van der Waals surface area (Å²) in [6.07, 6.45) is 22.4. The summed E-state index contributed by atoms with van der Waals surface area (Å²) < 4.78 is 11.3. The second kappa shape index (κ2) is 18.1. The number of hydrogen-bond acceptors (Lipinski definition) is 2. The minimum atomic E-state index is -1.27. The summed E-state index contributed by atoms with van der Waals surface area (Å²) >= 11 is 0. The van der Waals surface area contributed by atoms with Crippen LogP contribution >= 0.6 is 0 Å². The molecule has 0 saturated carbocycles. The molecule has 0 aromatic heterocycles. The average molecular weight is 323 g/mol. The molecule has 2 rings (SSSR count). The lowest BCUT2D eigenvalue weighted by molar-refractivity contribution is 0.196. The maximum Gasteiger partial charge on any atom is 0.321 e. The van der Waals surface area contributed by atoms with E-state index in [2.05, 4.69) is 69.4 Å². The number of hydrogen-bond donors (Lipinski definition) is 0. The zero-order valence-electron chi connectivity index (χ0n) is 14.7. The molecule has 0 N–H and O–H groups in total. The van der Waals surface area contributed by atoms with Gasteiger partial charge in [0, 0.05) is 13.2 Å². The highest BCUT2D eigenvalue weighted by atomic mass is 28.3. The smallest absolute Gasteiger partial charge is 0.321 e. The van der Waals surface area contributed by atoms with Crippen LogP contribution in [0.5, 0.6) is 0 Å². The van der Waals surface area contributed by atoms with Gasteiger partial charge in [-0.2, -0.15) is 0 Å². The molecule has 0 unspecified atom stereocenters. The SMILES string of the molecule is C1=CCC=C1.C1=CCC=C1.CCCO[SiH](CCC)OCCC. The Morgan fingerprint density at radius 2 is 1.09 bits per heavy atom. The summed E-state index contributed by atoms with van der Waals surface area (Å²) in [4.78, 5) is 0. The van der Waals surface area contributed by atoms with Crippen LogP contribution < -0.4 is 0 Å². The van der Waals surface area contributed by atoms with Crippen LogP contribution in [0.2, 0.25) is 6.04 Å². The molecule has 2 aliphatic rings. The average Bonchev–Trinajstić information content (AvgIpc) is 3.28. The Kier molecular flexibility index (Phi) is 17.4. The van der Waals surface area contributed by atoms with Gasteiger partial charge >= 0.3 is 9.28 Å². The van der Waals surface area contributed by atoms with Gasteiger partial charge < -0.3 is 8.85 Å².